The van der Waals surface area contributed by atoms with E-state index in [0.717, 1.165) is 17.3 Å². The molecule has 3 rings (SSSR count). The van der Waals surface area contributed by atoms with Gasteiger partial charge in [-0.15, -0.1) is 0 Å². The van der Waals surface area contributed by atoms with Gasteiger partial charge in [0.15, 0.2) is 4.32 Å². The predicted molar refractivity (Wildman–Crippen MR) is 107 cm³/mol. The lowest BCUT2D eigenvalue weighted by molar-refractivity contribution is -0.113. The van der Waals surface area contributed by atoms with Crippen LogP contribution in [-0.4, -0.2) is 24.4 Å². The highest BCUT2D eigenvalue weighted by molar-refractivity contribution is 8.27. The second kappa shape index (κ2) is 7.65. The summed E-state index contributed by atoms with van der Waals surface area (Å²) in [5.74, 6) is 0.358. The summed E-state index contributed by atoms with van der Waals surface area (Å²) >= 11 is 12.3. The van der Waals surface area contributed by atoms with E-state index in [4.69, 9.17) is 33.3 Å². The molecule has 1 saturated heterocycles. The molecule has 8 heteroatoms. The van der Waals surface area contributed by atoms with Gasteiger partial charge in [0.25, 0.3) is 5.91 Å². The quantitative estimate of drug-likeness (QED) is 0.530. The van der Waals surface area contributed by atoms with Gasteiger partial charge in [0.2, 0.25) is 0 Å². The van der Waals surface area contributed by atoms with Crippen molar-refractivity contribution in [1.29, 1.82) is 0 Å². The van der Waals surface area contributed by atoms with Crippen LogP contribution in [0.5, 0.6) is 11.5 Å². The van der Waals surface area contributed by atoms with E-state index in [2.05, 4.69) is 0 Å². The lowest BCUT2D eigenvalue weighted by Gasteiger charge is -2.14. The van der Waals surface area contributed by atoms with Gasteiger partial charge in [-0.25, -0.2) is 4.39 Å². The zero-order valence-corrected chi connectivity index (χ0v) is 16.2. The minimum absolute atomic E-state index is 0.0712. The monoisotopic (exact) mass is 409 g/mol. The summed E-state index contributed by atoms with van der Waals surface area (Å²) in [4.78, 5) is 14.5. The molecule has 0 unspecified atom stereocenters. The standard InChI is InChI=1S/C18H13ClFNO3S2/c1-23-12-5-10(6-13(9-12)24-2)7-16-17(22)21(18(25)26-16)11-3-4-15(20)14(19)8-11/h3-9H,1-2H3/b16-7+. The van der Waals surface area contributed by atoms with Gasteiger partial charge in [-0.1, -0.05) is 35.6 Å². The lowest BCUT2D eigenvalue weighted by Crippen LogP contribution is -2.27. The second-order valence-electron chi connectivity index (χ2n) is 5.26. The Labute approximate surface area is 164 Å². The summed E-state index contributed by atoms with van der Waals surface area (Å²) in [5, 5.41) is -0.0712. The van der Waals surface area contributed by atoms with Gasteiger partial charge in [0.05, 0.1) is 29.8 Å². The Morgan fingerprint density at radius 2 is 1.81 bits per heavy atom. The number of thioether (sulfide) groups is 1. The number of thiocarbonyl (C=S) groups is 1. The molecule has 0 radical (unpaired) electrons. The van der Waals surface area contributed by atoms with Crippen LogP contribution < -0.4 is 14.4 Å². The third kappa shape index (κ3) is 3.70. The first-order chi connectivity index (χ1) is 12.4. The lowest BCUT2D eigenvalue weighted by atomic mass is 10.1. The Balaban J connectivity index is 1.96. The SMILES string of the molecule is COc1cc(/C=C2/SC(=S)N(c3ccc(F)c(Cl)c3)C2=O)cc(OC)c1. The molecule has 134 valence electrons. The molecule has 2 aromatic carbocycles. The highest BCUT2D eigenvalue weighted by atomic mass is 35.5. The molecule has 4 nitrogen and oxygen atoms in total. The summed E-state index contributed by atoms with van der Waals surface area (Å²) in [6.45, 7) is 0. The average Bonchev–Trinajstić information content (AvgIpc) is 2.90. The highest BCUT2D eigenvalue weighted by Gasteiger charge is 2.33. The van der Waals surface area contributed by atoms with Crippen molar-refractivity contribution in [2.45, 2.75) is 0 Å². The number of amides is 1. The van der Waals surface area contributed by atoms with Crippen molar-refractivity contribution in [3.05, 3.63) is 57.7 Å². The Hall–Kier alpha value is -2.09. The maximum atomic E-state index is 13.4. The van der Waals surface area contributed by atoms with Crippen molar-refractivity contribution >= 4 is 57.6 Å². The minimum Gasteiger partial charge on any atom is -0.497 e. The maximum absolute atomic E-state index is 13.4. The summed E-state index contributed by atoms with van der Waals surface area (Å²) in [6.07, 6.45) is 1.70. The van der Waals surface area contributed by atoms with Crippen molar-refractivity contribution in [1.82, 2.24) is 0 Å². The fraction of sp³-hybridized carbons (Fsp3) is 0.111. The van der Waals surface area contributed by atoms with Gasteiger partial charge in [0, 0.05) is 6.07 Å². The smallest absolute Gasteiger partial charge is 0.270 e. The number of halogens is 2. The van der Waals surface area contributed by atoms with Crippen LogP contribution in [0.25, 0.3) is 6.08 Å². The molecule has 0 bridgehead atoms. The Morgan fingerprint density at radius 1 is 1.15 bits per heavy atom. The Kier molecular flexibility index (Phi) is 5.50. The molecule has 26 heavy (non-hydrogen) atoms. The molecule has 0 saturated carbocycles. The zero-order valence-electron chi connectivity index (χ0n) is 13.8. The number of anilines is 1. The van der Waals surface area contributed by atoms with Crippen molar-refractivity contribution in [3.8, 4) is 11.5 Å². The second-order valence-corrected chi connectivity index (χ2v) is 7.34. The molecule has 0 spiro atoms. The van der Waals surface area contributed by atoms with Gasteiger partial charge in [0.1, 0.15) is 17.3 Å². The number of ether oxygens (including phenoxy) is 2. The molecule has 0 N–H and O–H groups in total. The molecule has 1 fully saturated rings. The van der Waals surface area contributed by atoms with Crippen LogP contribution in [-0.2, 0) is 4.79 Å². The fourth-order valence-electron chi connectivity index (χ4n) is 2.38. The Bertz CT molecular complexity index is 910. The number of carbonyl (C=O) groups excluding carboxylic acids is 1. The van der Waals surface area contributed by atoms with Crippen molar-refractivity contribution in [2.24, 2.45) is 0 Å². The molecular formula is C18H13ClFNO3S2. The number of hydrogen-bond acceptors (Lipinski definition) is 5. The van der Waals surface area contributed by atoms with E-state index < -0.39 is 5.82 Å². The summed E-state index contributed by atoms with van der Waals surface area (Å²) in [5.41, 5.74) is 1.16. The number of benzene rings is 2. The van der Waals surface area contributed by atoms with Crippen LogP contribution >= 0.6 is 35.6 Å². The summed E-state index contributed by atoms with van der Waals surface area (Å²) in [6, 6.07) is 9.34. The third-order valence-electron chi connectivity index (χ3n) is 3.63. The van der Waals surface area contributed by atoms with E-state index in [9.17, 15) is 9.18 Å². The molecular weight excluding hydrogens is 397 g/mol. The average molecular weight is 410 g/mol. The van der Waals surface area contributed by atoms with Crippen molar-refractivity contribution in [3.63, 3.8) is 0 Å². The van der Waals surface area contributed by atoms with Crippen LogP contribution in [0.3, 0.4) is 0 Å². The van der Waals surface area contributed by atoms with E-state index in [1.165, 1.54) is 23.1 Å². The summed E-state index contributed by atoms with van der Waals surface area (Å²) < 4.78 is 24.2. The van der Waals surface area contributed by atoms with Gasteiger partial charge >= 0.3 is 0 Å². The molecule has 0 aromatic heterocycles. The van der Waals surface area contributed by atoms with E-state index >= 15 is 0 Å². The highest BCUT2D eigenvalue weighted by Crippen LogP contribution is 2.37. The summed E-state index contributed by atoms with van der Waals surface area (Å²) in [7, 11) is 3.10. The van der Waals surface area contributed by atoms with Crippen LogP contribution in [0.1, 0.15) is 5.56 Å². The molecule has 2 aromatic rings. The van der Waals surface area contributed by atoms with Gasteiger partial charge in [-0.05, 0) is 42.0 Å². The number of hydrogen-bond donors (Lipinski definition) is 0. The molecule has 1 aliphatic heterocycles. The first kappa shape index (κ1) is 18.7. The first-order valence-electron chi connectivity index (χ1n) is 7.39. The normalized spacial score (nSPS) is 15.7. The van der Waals surface area contributed by atoms with Crippen molar-refractivity contribution in [2.75, 3.05) is 19.1 Å². The van der Waals surface area contributed by atoms with Crippen LogP contribution in [0, 0.1) is 5.82 Å². The van der Waals surface area contributed by atoms with Gasteiger partial charge in [-0.3, -0.25) is 9.69 Å². The zero-order chi connectivity index (χ0) is 18.8. The van der Waals surface area contributed by atoms with Crippen molar-refractivity contribution < 1.29 is 18.7 Å². The first-order valence-corrected chi connectivity index (χ1v) is 8.99. The number of rotatable bonds is 4. The predicted octanol–water partition coefficient (Wildman–Crippen LogP) is 4.90. The van der Waals surface area contributed by atoms with Crippen LogP contribution in [0.2, 0.25) is 5.02 Å². The molecule has 0 atom stereocenters. The Morgan fingerprint density at radius 3 is 2.38 bits per heavy atom. The number of nitrogens with zero attached hydrogens (tertiary/aromatic N) is 1. The molecule has 1 heterocycles. The fourth-order valence-corrected chi connectivity index (χ4v) is 3.85. The third-order valence-corrected chi connectivity index (χ3v) is 5.22. The molecule has 1 amide bonds. The molecule has 1 aliphatic rings. The van der Waals surface area contributed by atoms with Crippen LogP contribution in [0.4, 0.5) is 10.1 Å². The number of carbonyl (C=O) groups is 1. The van der Waals surface area contributed by atoms with Gasteiger partial charge in [-0.2, -0.15) is 0 Å². The molecule has 0 aliphatic carbocycles. The number of methoxy groups -OCH3 is 2. The van der Waals surface area contributed by atoms with E-state index in [-0.39, 0.29) is 10.9 Å². The minimum atomic E-state index is -0.556. The van der Waals surface area contributed by atoms with Crippen LogP contribution in [0.15, 0.2) is 41.3 Å². The van der Waals surface area contributed by atoms with Gasteiger partial charge < -0.3 is 9.47 Å². The maximum Gasteiger partial charge on any atom is 0.270 e. The topological polar surface area (TPSA) is 38.8 Å². The van der Waals surface area contributed by atoms with E-state index in [0.29, 0.717) is 26.4 Å². The largest absolute Gasteiger partial charge is 0.497 e. The van der Waals surface area contributed by atoms with E-state index in [1.54, 1.807) is 38.5 Å². The van der Waals surface area contributed by atoms with E-state index in [1.807, 2.05) is 0 Å².